The van der Waals surface area contributed by atoms with Crippen LogP contribution < -0.4 is 5.73 Å². The quantitative estimate of drug-likeness (QED) is 0.585. The summed E-state index contributed by atoms with van der Waals surface area (Å²) in [6.45, 7) is 1.39. The van der Waals surface area contributed by atoms with Gasteiger partial charge in [-0.1, -0.05) is 0 Å². The molecule has 0 aromatic heterocycles. The zero-order valence-electron chi connectivity index (χ0n) is 6.03. The minimum Gasteiger partial charge on any atom is -0.480 e. The Morgan fingerprint density at radius 3 is 2.64 bits per heavy atom. The van der Waals surface area contributed by atoms with E-state index in [9.17, 15) is 9.59 Å². The predicted molar refractivity (Wildman–Crippen MR) is 41.2 cm³/mol. The molecule has 0 aliphatic heterocycles. The van der Waals surface area contributed by atoms with Gasteiger partial charge in [0.25, 0.3) is 0 Å². The molecule has 11 heavy (non-hydrogen) atoms. The van der Waals surface area contributed by atoms with Crippen molar-refractivity contribution in [1.82, 2.24) is 0 Å². The highest BCUT2D eigenvalue weighted by atomic mass is 31.1. The molecule has 64 valence electrons. The van der Waals surface area contributed by atoms with E-state index >= 15 is 0 Å². The Morgan fingerprint density at radius 1 is 1.73 bits per heavy atom. The number of rotatable bonds is 4. The van der Waals surface area contributed by atoms with Gasteiger partial charge in [-0.05, 0) is 15.2 Å². The molecule has 6 heteroatoms. The molecule has 5 nitrogen and oxygen atoms in total. The molecule has 0 fully saturated rings. The molecule has 0 bridgehead atoms. The van der Waals surface area contributed by atoms with Gasteiger partial charge in [0.2, 0.25) is 0 Å². The largest absolute Gasteiger partial charge is 0.480 e. The maximum absolute atomic E-state index is 10.5. The van der Waals surface area contributed by atoms with Gasteiger partial charge >= 0.3 is 11.7 Å². The van der Waals surface area contributed by atoms with Crippen LogP contribution in [0, 0.1) is 0 Å². The molecule has 0 radical (unpaired) electrons. The number of carbonyl (C=O) groups excluding carboxylic acids is 1. The third kappa shape index (κ3) is 4.70. The number of carboxylic acids is 1. The molecule has 0 amide bonds. The van der Waals surface area contributed by atoms with Gasteiger partial charge in [-0.25, -0.2) is 4.79 Å². The highest BCUT2D eigenvalue weighted by Gasteiger charge is 2.12. The van der Waals surface area contributed by atoms with Crippen LogP contribution in [0.4, 0.5) is 4.79 Å². The lowest BCUT2D eigenvalue weighted by Crippen LogP contribution is -2.35. The summed E-state index contributed by atoms with van der Waals surface area (Å²) in [5.41, 5.74) is 4.63. The molecule has 0 saturated carbocycles. The Balaban J connectivity index is 3.54. The molecule has 0 aromatic carbocycles. The van der Waals surface area contributed by atoms with E-state index in [1.807, 2.05) is 0 Å². The van der Waals surface area contributed by atoms with Crippen LogP contribution in [0.15, 0.2) is 0 Å². The first kappa shape index (κ1) is 10.3. The molecule has 0 spiro atoms. The molecule has 3 N–H and O–H groups in total. The monoisotopic (exact) mass is 179 g/mol. The van der Waals surface area contributed by atoms with Crippen LogP contribution in [-0.4, -0.2) is 36.1 Å². The van der Waals surface area contributed by atoms with Crippen molar-refractivity contribution in [2.75, 3.05) is 13.3 Å². The lowest BCUT2D eigenvalue weighted by Gasteiger charge is -2.05. The Labute approximate surface area is 65.7 Å². The highest BCUT2D eigenvalue weighted by Crippen LogP contribution is 2.06. The Morgan fingerprint density at radius 2 is 2.27 bits per heavy atom. The van der Waals surface area contributed by atoms with Gasteiger partial charge in [-0.15, -0.1) is 0 Å². The minimum atomic E-state index is -1.17. The van der Waals surface area contributed by atoms with E-state index in [2.05, 4.69) is 4.74 Å². The lowest BCUT2D eigenvalue weighted by molar-refractivity contribution is -0.139. The van der Waals surface area contributed by atoms with E-state index in [1.165, 1.54) is 0 Å². The zero-order chi connectivity index (χ0) is 8.85. The first-order chi connectivity index (χ1) is 5.07. The molecule has 0 aliphatic rings. The summed E-state index contributed by atoms with van der Waals surface area (Å²) < 4.78 is 4.48. The maximum Gasteiger partial charge on any atom is 0.324 e. The van der Waals surface area contributed by atoms with Crippen LogP contribution in [-0.2, 0) is 9.53 Å². The lowest BCUT2D eigenvalue weighted by atomic mass is 10.3. The first-order valence-electron chi connectivity index (χ1n) is 2.90. The van der Waals surface area contributed by atoms with Gasteiger partial charge in [-0.3, -0.25) is 4.79 Å². The average Bonchev–Trinajstić information content (AvgIpc) is 1.99. The second-order valence-electron chi connectivity index (χ2n) is 1.79. The second kappa shape index (κ2) is 5.04. The summed E-state index contributed by atoms with van der Waals surface area (Å²) in [6, 6.07) is -1.12. The van der Waals surface area contributed by atoms with Crippen LogP contribution in [0.2, 0.25) is 0 Å². The fourth-order valence-electron chi connectivity index (χ4n) is 0.309. The SMILES string of the molecule is CPC(=O)OC[C@H](N)C(=O)O. The van der Waals surface area contributed by atoms with Gasteiger partial charge in [0.05, 0.1) is 0 Å². The van der Waals surface area contributed by atoms with Crippen molar-refractivity contribution in [3.63, 3.8) is 0 Å². The Hall–Kier alpha value is -0.670. The van der Waals surface area contributed by atoms with Crippen LogP contribution in [0.1, 0.15) is 0 Å². The van der Waals surface area contributed by atoms with Gasteiger partial charge in [0, 0.05) is 0 Å². The Bertz CT molecular complexity index is 161. The van der Waals surface area contributed by atoms with Crippen LogP contribution in [0.5, 0.6) is 0 Å². The summed E-state index contributed by atoms with van der Waals surface area (Å²) in [4.78, 5) is 20.6. The smallest absolute Gasteiger partial charge is 0.324 e. The van der Waals surface area contributed by atoms with E-state index in [0.29, 0.717) is 0 Å². The summed E-state index contributed by atoms with van der Waals surface area (Å²) >= 11 is 0. The van der Waals surface area contributed by atoms with Gasteiger partial charge < -0.3 is 15.6 Å². The second-order valence-corrected chi connectivity index (χ2v) is 2.70. The van der Waals surface area contributed by atoms with E-state index in [0.717, 1.165) is 0 Å². The number of nitrogens with two attached hydrogens (primary N) is 1. The van der Waals surface area contributed by atoms with Gasteiger partial charge in [0.15, 0.2) is 0 Å². The zero-order valence-corrected chi connectivity index (χ0v) is 7.03. The van der Waals surface area contributed by atoms with Crippen molar-refractivity contribution in [3.05, 3.63) is 0 Å². The molecule has 0 aromatic rings. The normalized spacial score (nSPS) is 13.3. The van der Waals surface area contributed by atoms with Gasteiger partial charge in [0.1, 0.15) is 12.6 Å². The standard InChI is InChI=1S/C5H10NO4P/c1-11-5(9)10-2-3(6)4(7)8/h3,11H,2,6H2,1H3,(H,7,8)/t3-/m0/s1. The molecule has 0 aliphatic carbocycles. The van der Waals surface area contributed by atoms with Crippen molar-refractivity contribution in [2.24, 2.45) is 5.73 Å². The molecular weight excluding hydrogens is 169 g/mol. The minimum absolute atomic E-state index is 0.0151. The van der Waals surface area contributed by atoms with Crippen molar-refractivity contribution >= 4 is 20.3 Å². The molecule has 0 rings (SSSR count). The summed E-state index contributed by atoms with van der Waals surface area (Å²) in [6.07, 6.45) is 0. The van der Waals surface area contributed by atoms with Crippen LogP contribution in [0.3, 0.4) is 0 Å². The third-order valence-electron chi connectivity index (χ3n) is 0.915. The maximum atomic E-state index is 10.5. The summed E-state index contributed by atoms with van der Waals surface area (Å²) in [5.74, 6) is -1.17. The van der Waals surface area contributed by atoms with Crippen molar-refractivity contribution < 1.29 is 19.4 Å². The van der Waals surface area contributed by atoms with Crippen molar-refractivity contribution in [3.8, 4) is 0 Å². The molecule has 2 atom stereocenters. The van der Waals surface area contributed by atoms with Crippen LogP contribution >= 0.6 is 8.58 Å². The molecule has 1 unspecified atom stereocenters. The van der Waals surface area contributed by atoms with Gasteiger partial charge in [-0.2, -0.15) is 0 Å². The summed E-state index contributed by atoms with van der Waals surface area (Å²) in [7, 11) is 0.0151. The highest BCUT2D eigenvalue weighted by molar-refractivity contribution is 7.56. The fourth-order valence-corrected chi connectivity index (χ4v) is 0.537. The van der Waals surface area contributed by atoms with E-state index in [4.69, 9.17) is 10.8 Å². The third-order valence-corrected chi connectivity index (χ3v) is 1.47. The van der Waals surface area contributed by atoms with Crippen molar-refractivity contribution in [1.29, 1.82) is 0 Å². The molecular formula is C5H10NO4P. The summed E-state index contributed by atoms with van der Waals surface area (Å²) in [5, 5.41) is 8.25. The first-order valence-corrected chi connectivity index (χ1v) is 4.40. The fraction of sp³-hybridized carbons (Fsp3) is 0.600. The van der Waals surface area contributed by atoms with Crippen molar-refractivity contribution in [2.45, 2.75) is 6.04 Å². The van der Waals surface area contributed by atoms with E-state index < -0.39 is 17.7 Å². The number of carbonyl (C=O) groups is 2. The average molecular weight is 179 g/mol. The number of aliphatic carboxylic acids is 1. The molecule has 0 heterocycles. The number of carboxylic acid groups (broad SMARTS) is 1. The predicted octanol–water partition coefficient (Wildman–Crippen LogP) is -0.157. The number of hydrogen-bond acceptors (Lipinski definition) is 4. The Kier molecular flexibility index (Phi) is 4.74. The number of hydrogen-bond donors (Lipinski definition) is 2. The molecule has 0 saturated heterocycles. The number of ether oxygens (including phenoxy) is 1. The van der Waals surface area contributed by atoms with Crippen LogP contribution in [0.25, 0.3) is 0 Å². The van der Waals surface area contributed by atoms with E-state index in [-0.39, 0.29) is 15.2 Å². The topological polar surface area (TPSA) is 89.6 Å². The van der Waals surface area contributed by atoms with E-state index in [1.54, 1.807) is 6.66 Å².